The van der Waals surface area contributed by atoms with Gasteiger partial charge in [-0.2, -0.15) is 5.06 Å². The molecule has 6 nitrogen and oxygen atoms in total. The minimum absolute atomic E-state index is 0.105. The van der Waals surface area contributed by atoms with Crippen molar-refractivity contribution >= 4 is 17.8 Å². The molecule has 1 atom stereocenters. The van der Waals surface area contributed by atoms with Crippen LogP contribution >= 0.6 is 0 Å². The number of methoxy groups -OCH3 is 1. The molecule has 21 heavy (non-hydrogen) atoms. The topological polar surface area (TPSA) is 72.9 Å². The number of rotatable bonds is 5. The van der Waals surface area contributed by atoms with Crippen molar-refractivity contribution in [3.05, 3.63) is 48.6 Å². The number of nitrogens with zero attached hydrogens (tertiary/aromatic N) is 1. The van der Waals surface area contributed by atoms with Crippen molar-refractivity contribution in [3.63, 3.8) is 0 Å². The first kappa shape index (κ1) is 16.4. The number of amides is 1. The van der Waals surface area contributed by atoms with Gasteiger partial charge < -0.3 is 9.57 Å². The lowest BCUT2D eigenvalue weighted by Gasteiger charge is -2.26. The third-order valence-electron chi connectivity index (χ3n) is 2.65. The highest BCUT2D eigenvalue weighted by Gasteiger charge is 2.31. The molecule has 0 spiro atoms. The quantitative estimate of drug-likeness (QED) is 0.469. The Morgan fingerprint density at radius 1 is 1.29 bits per heavy atom. The standard InChI is InChI=1S/C15H17NO5/c1-4-8-13(15(19)20-3)16(11(2)17)21-14(18)12-9-6-5-7-10-12/h4-7,9-10,13H,1,8H2,2-3H3. The van der Waals surface area contributed by atoms with E-state index in [9.17, 15) is 14.4 Å². The van der Waals surface area contributed by atoms with Crippen LogP contribution in [0, 0.1) is 0 Å². The van der Waals surface area contributed by atoms with Crippen LogP contribution < -0.4 is 0 Å². The van der Waals surface area contributed by atoms with Crippen LogP contribution in [-0.2, 0) is 19.2 Å². The highest BCUT2D eigenvalue weighted by atomic mass is 16.7. The van der Waals surface area contributed by atoms with Gasteiger partial charge in [-0.25, -0.2) is 9.59 Å². The molecule has 0 aliphatic carbocycles. The lowest BCUT2D eigenvalue weighted by molar-refractivity contribution is -0.186. The zero-order chi connectivity index (χ0) is 15.8. The van der Waals surface area contributed by atoms with Gasteiger partial charge in [-0.15, -0.1) is 6.58 Å². The fourth-order valence-electron chi connectivity index (χ4n) is 1.65. The molecule has 0 fully saturated rings. The molecule has 0 aliphatic rings. The maximum Gasteiger partial charge on any atom is 0.363 e. The Kier molecular flexibility index (Phi) is 6.13. The molecule has 0 saturated heterocycles. The van der Waals surface area contributed by atoms with Crippen molar-refractivity contribution in [2.24, 2.45) is 0 Å². The summed E-state index contributed by atoms with van der Waals surface area (Å²) in [7, 11) is 1.19. The average Bonchev–Trinajstić information content (AvgIpc) is 2.50. The third kappa shape index (κ3) is 4.45. The highest BCUT2D eigenvalue weighted by molar-refractivity contribution is 5.91. The SMILES string of the molecule is C=CCC(C(=O)OC)N(OC(=O)c1ccccc1)C(C)=O. The van der Waals surface area contributed by atoms with E-state index in [-0.39, 0.29) is 12.0 Å². The summed E-state index contributed by atoms with van der Waals surface area (Å²) in [4.78, 5) is 40.4. The van der Waals surface area contributed by atoms with E-state index in [1.165, 1.54) is 20.1 Å². The van der Waals surface area contributed by atoms with E-state index < -0.39 is 23.9 Å². The maximum atomic E-state index is 12.0. The van der Waals surface area contributed by atoms with Gasteiger partial charge in [0.1, 0.15) is 0 Å². The van der Waals surface area contributed by atoms with Gasteiger partial charge in [0.15, 0.2) is 6.04 Å². The minimum atomic E-state index is -1.06. The van der Waals surface area contributed by atoms with E-state index in [2.05, 4.69) is 11.3 Å². The number of carbonyl (C=O) groups is 3. The summed E-state index contributed by atoms with van der Waals surface area (Å²) in [5, 5.41) is 0.711. The Morgan fingerprint density at radius 3 is 2.38 bits per heavy atom. The number of hydrogen-bond acceptors (Lipinski definition) is 5. The summed E-state index contributed by atoms with van der Waals surface area (Å²) >= 11 is 0. The number of esters is 1. The van der Waals surface area contributed by atoms with E-state index >= 15 is 0 Å². The molecule has 0 aromatic heterocycles. The first-order valence-corrected chi connectivity index (χ1v) is 6.27. The number of ether oxygens (including phenoxy) is 1. The van der Waals surface area contributed by atoms with E-state index in [0.717, 1.165) is 0 Å². The zero-order valence-electron chi connectivity index (χ0n) is 11.9. The second-order valence-corrected chi connectivity index (χ2v) is 4.15. The average molecular weight is 291 g/mol. The second kappa shape index (κ2) is 7.84. The molecule has 0 saturated carbocycles. The number of hydrogen-bond donors (Lipinski definition) is 0. The zero-order valence-corrected chi connectivity index (χ0v) is 11.9. The predicted molar refractivity (Wildman–Crippen MR) is 75.0 cm³/mol. The van der Waals surface area contributed by atoms with Crippen LogP contribution in [0.4, 0.5) is 0 Å². The molecule has 0 radical (unpaired) electrons. The fourth-order valence-corrected chi connectivity index (χ4v) is 1.65. The summed E-state index contributed by atoms with van der Waals surface area (Å²) in [6.45, 7) is 4.70. The van der Waals surface area contributed by atoms with Gasteiger partial charge in [0.2, 0.25) is 0 Å². The van der Waals surface area contributed by atoms with Crippen LogP contribution in [0.25, 0.3) is 0 Å². The first-order valence-electron chi connectivity index (χ1n) is 6.27. The molecular weight excluding hydrogens is 274 g/mol. The van der Waals surface area contributed by atoms with Crippen LogP contribution in [0.3, 0.4) is 0 Å². The Hall–Kier alpha value is -2.63. The van der Waals surface area contributed by atoms with Gasteiger partial charge in [0.05, 0.1) is 12.7 Å². The second-order valence-electron chi connectivity index (χ2n) is 4.15. The summed E-state index contributed by atoms with van der Waals surface area (Å²) < 4.78 is 4.61. The molecule has 1 amide bonds. The summed E-state index contributed by atoms with van der Waals surface area (Å²) in [5.41, 5.74) is 0.269. The monoisotopic (exact) mass is 291 g/mol. The first-order chi connectivity index (χ1) is 10.0. The Morgan fingerprint density at radius 2 is 1.90 bits per heavy atom. The van der Waals surface area contributed by atoms with Crippen molar-refractivity contribution in [3.8, 4) is 0 Å². The van der Waals surface area contributed by atoms with Crippen molar-refractivity contribution < 1.29 is 24.0 Å². The normalized spacial score (nSPS) is 11.1. The maximum absolute atomic E-state index is 12.0. The number of benzene rings is 1. The molecule has 0 heterocycles. The molecule has 1 unspecified atom stereocenters. The Bertz CT molecular complexity index is 526. The van der Waals surface area contributed by atoms with E-state index in [1.807, 2.05) is 0 Å². The number of hydroxylamine groups is 2. The van der Waals surface area contributed by atoms with Gasteiger partial charge in [-0.1, -0.05) is 24.3 Å². The van der Waals surface area contributed by atoms with E-state index in [1.54, 1.807) is 30.3 Å². The lowest BCUT2D eigenvalue weighted by atomic mass is 10.2. The molecule has 112 valence electrons. The van der Waals surface area contributed by atoms with Crippen molar-refractivity contribution in [1.82, 2.24) is 5.06 Å². The summed E-state index contributed by atoms with van der Waals surface area (Å²) in [5.74, 6) is -2.01. The fraction of sp³-hybridized carbons (Fsp3) is 0.267. The van der Waals surface area contributed by atoms with Crippen molar-refractivity contribution in [2.75, 3.05) is 7.11 Å². The molecule has 1 aromatic carbocycles. The van der Waals surface area contributed by atoms with E-state index in [4.69, 9.17) is 4.84 Å². The van der Waals surface area contributed by atoms with Gasteiger partial charge in [-0.3, -0.25) is 4.79 Å². The van der Waals surface area contributed by atoms with Crippen LogP contribution in [0.15, 0.2) is 43.0 Å². The summed E-state index contributed by atoms with van der Waals surface area (Å²) in [6, 6.07) is 7.10. The van der Waals surface area contributed by atoms with Crippen LogP contribution in [-0.4, -0.2) is 36.1 Å². The van der Waals surface area contributed by atoms with Crippen molar-refractivity contribution in [2.45, 2.75) is 19.4 Å². The Labute approximate surface area is 122 Å². The van der Waals surface area contributed by atoms with Gasteiger partial charge in [0.25, 0.3) is 5.91 Å². The van der Waals surface area contributed by atoms with Crippen LogP contribution in [0.5, 0.6) is 0 Å². The van der Waals surface area contributed by atoms with Crippen molar-refractivity contribution in [1.29, 1.82) is 0 Å². The molecule has 6 heteroatoms. The number of carbonyl (C=O) groups excluding carboxylic acids is 3. The van der Waals surface area contributed by atoms with Crippen LogP contribution in [0.2, 0.25) is 0 Å². The van der Waals surface area contributed by atoms with Gasteiger partial charge in [-0.05, 0) is 18.6 Å². The molecule has 0 bridgehead atoms. The third-order valence-corrected chi connectivity index (χ3v) is 2.65. The lowest BCUT2D eigenvalue weighted by Crippen LogP contribution is -2.45. The van der Waals surface area contributed by atoms with Gasteiger partial charge >= 0.3 is 11.9 Å². The molecule has 1 aromatic rings. The predicted octanol–water partition coefficient (Wildman–Crippen LogP) is 1.72. The Balaban J connectivity index is 2.95. The van der Waals surface area contributed by atoms with E-state index in [0.29, 0.717) is 5.06 Å². The van der Waals surface area contributed by atoms with Crippen LogP contribution in [0.1, 0.15) is 23.7 Å². The largest absolute Gasteiger partial charge is 0.467 e. The molecular formula is C15H17NO5. The minimum Gasteiger partial charge on any atom is -0.467 e. The highest BCUT2D eigenvalue weighted by Crippen LogP contribution is 2.12. The van der Waals surface area contributed by atoms with Gasteiger partial charge in [0, 0.05) is 6.92 Å². The molecule has 1 rings (SSSR count). The molecule has 0 N–H and O–H groups in total. The smallest absolute Gasteiger partial charge is 0.363 e. The summed E-state index contributed by atoms with van der Waals surface area (Å²) in [6.07, 6.45) is 1.54. The molecule has 0 aliphatic heterocycles.